The number of likely N-dealkylation sites (tertiary alicyclic amines) is 1. The number of hydrogen-bond donors (Lipinski definition) is 0. The highest BCUT2D eigenvalue weighted by molar-refractivity contribution is 5.77. The van der Waals surface area contributed by atoms with Gasteiger partial charge in [0.1, 0.15) is 12.4 Å². The van der Waals surface area contributed by atoms with Crippen molar-refractivity contribution in [2.24, 2.45) is 5.92 Å². The quantitative estimate of drug-likeness (QED) is 0.613. The number of ether oxygens (including phenoxy) is 1. The third-order valence-corrected chi connectivity index (χ3v) is 6.46. The smallest absolute Gasteiger partial charge is 0.248 e. The van der Waals surface area contributed by atoms with Gasteiger partial charge in [-0.1, -0.05) is 12.1 Å². The van der Waals surface area contributed by atoms with E-state index in [2.05, 4.69) is 30.0 Å². The van der Waals surface area contributed by atoms with Gasteiger partial charge in [-0.05, 0) is 69.8 Å². The van der Waals surface area contributed by atoms with Gasteiger partial charge in [-0.2, -0.15) is 5.10 Å². The lowest BCUT2D eigenvalue weighted by atomic mass is 9.85. The van der Waals surface area contributed by atoms with Gasteiger partial charge in [-0.3, -0.25) is 14.4 Å². The van der Waals surface area contributed by atoms with Crippen LogP contribution >= 0.6 is 0 Å². The van der Waals surface area contributed by atoms with E-state index in [1.54, 1.807) is 7.11 Å². The molecule has 2 aromatic rings. The molecule has 1 fully saturated rings. The Kier molecular flexibility index (Phi) is 8.21. The first kappa shape index (κ1) is 23.4. The zero-order valence-corrected chi connectivity index (χ0v) is 19.2. The lowest BCUT2D eigenvalue weighted by Crippen LogP contribution is -2.48. The van der Waals surface area contributed by atoms with Gasteiger partial charge in [-0.25, -0.2) is 4.39 Å². The Bertz CT molecular complexity index is 844. The molecule has 2 heterocycles. The molecule has 0 spiro atoms. The number of aromatic nitrogens is 2. The number of likely N-dealkylation sites (N-methyl/N-ethyl adjacent to an activating group) is 1. The standard InChI is InChI=1S/C24H35FN4O2/c1-5-29-16-21(18(2)26-29)15-28-12-10-20(11-13-28)23(27(3)24(30)17-31-4)14-19-6-8-22(25)9-7-19/h6-9,16,20,23H,5,10-15,17H2,1-4H3. The van der Waals surface area contributed by atoms with Crippen molar-refractivity contribution in [1.29, 1.82) is 0 Å². The van der Waals surface area contributed by atoms with Crippen molar-refractivity contribution in [1.82, 2.24) is 19.6 Å². The third-order valence-electron chi connectivity index (χ3n) is 6.46. The maximum atomic E-state index is 13.3. The first-order valence-corrected chi connectivity index (χ1v) is 11.2. The molecule has 6 nitrogen and oxygen atoms in total. The minimum absolute atomic E-state index is 0.0142. The number of carbonyl (C=O) groups is 1. The van der Waals surface area contributed by atoms with Gasteiger partial charge in [0, 0.05) is 45.0 Å². The Hall–Kier alpha value is -2.25. The van der Waals surface area contributed by atoms with Crippen LogP contribution in [0, 0.1) is 18.7 Å². The van der Waals surface area contributed by atoms with E-state index in [0.29, 0.717) is 5.92 Å². The van der Waals surface area contributed by atoms with Gasteiger partial charge in [0.2, 0.25) is 5.91 Å². The van der Waals surface area contributed by atoms with Crippen LogP contribution in [0.4, 0.5) is 4.39 Å². The Morgan fingerprint density at radius 2 is 1.97 bits per heavy atom. The van der Waals surface area contributed by atoms with E-state index in [9.17, 15) is 9.18 Å². The van der Waals surface area contributed by atoms with Crippen LogP contribution in [0.1, 0.15) is 36.6 Å². The normalized spacial score (nSPS) is 16.4. The molecule has 1 amide bonds. The average Bonchev–Trinajstić information content (AvgIpc) is 3.13. The monoisotopic (exact) mass is 430 g/mol. The molecule has 1 saturated heterocycles. The largest absolute Gasteiger partial charge is 0.375 e. The molecule has 31 heavy (non-hydrogen) atoms. The zero-order valence-electron chi connectivity index (χ0n) is 19.2. The summed E-state index contributed by atoms with van der Waals surface area (Å²) in [5.74, 6) is 0.144. The fraction of sp³-hybridized carbons (Fsp3) is 0.583. The number of benzene rings is 1. The van der Waals surface area contributed by atoms with Gasteiger partial charge in [-0.15, -0.1) is 0 Å². The summed E-state index contributed by atoms with van der Waals surface area (Å²) in [7, 11) is 3.41. The first-order chi connectivity index (χ1) is 14.9. The van der Waals surface area contributed by atoms with E-state index in [1.165, 1.54) is 17.7 Å². The molecule has 1 unspecified atom stereocenters. The highest BCUT2D eigenvalue weighted by atomic mass is 19.1. The number of halogens is 1. The molecule has 0 bridgehead atoms. The van der Waals surface area contributed by atoms with E-state index in [4.69, 9.17) is 4.74 Å². The van der Waals surface area contributed by atoms with Gasteiger partial charge < -0.3 is 9.64 Å². The minimum atomic E-state index is -0.237. The predicted octanol–water partition coefficient (Wildman–Crippen LogP) is 3.28. The van der Waals surface area contributed by atoms with Crippen LogP contribution in [0.15, 0.2) is 30.5 Å². The van der Waals surface area contributed by atoms with Crippen LogP contribution in [0.25, 0.3) is 0 Å². The van der Waals surface area contributed by atoms with Crippen molar-refractivity contribution in [2.45, 2.75) is 52.2 Å². The van der Waals surface area contributed by atoms with E-state index < -0.39 is 0 Å². The summed E-state index contributed by atoms with van der Waals surface area (Å²) >= 11 is 0. The van der Waals surface area contributed by atoms with E-state index in [-0.39, 0.29) is 24.4 Å². The van der Waals surface area contributed by atoms with E-state index in [1.807, 2.05) is 28.8 Å². The SMILES string of the molecule is CCn1cc(CN2CCC(C(Cc3ccc(F)cc3)N(C)C(=O)COC)CC2)c(C)n1. The number of rotatable bonds is 9. The molecule has 0 radical (unpaired) electrons. The number of carbonyl (C=O) groups excluding carboxylic acids is 1. The first-order valence-electron chi connectivity index (χ1n) is 11.2. The summed E-state index contributed by atoms with van der Waals surface area (Å²) in [4.78, 5) is 16.9. The molecule has 1 aromatic heterocycles. The molecular weight excluding hydrogens is 395 g/mol. The molecule has 1 aromatic carbocycles. The van der Waals surface area contributed by atoms with Gasteiger partial charge >= 0.3 is 0 Å². The maximum absolute atomic E-state index is 13.3. The molecular formula is C24H35FN4O2. The number of piperidine rings is 1. The molecule has 0 aliphatic carbocycles. The predicted molar refractivity (Wildman–Crippen MR) is 119 cm³/mol. The summed E-state index contributed by atoms with van der Waals surface area (Å²) in [6.45, 7) is 8.04. The molecule has 0 N–H and O–H groups in total. The van der Waals surface area contributed by atoms with Crippen LogP contribution in [0.5, 0.6) is 0 Å². The summed E-state index contributed by atoms with van der Waals surface area (Å²) in [6, 6.07) is 6.69. The van der Waals surface area contributed by atoms with Crippen molar-refractivity contribution < 1.29 is 13.9 Å². The van der Waals surface area contributed by atoms with Gasteiger partial charge in [0.25, 0.3) is 0 Å². The van der Waals surface area contributed by atoms with Crippen LogP contribution in [0.2, 0.25) is 0 Å². The Balaban J connectivity index is 1.66. The van der Waals surface area contributed by atoms with Crippen LogP contribution in [0.3, 0.4) is 0 Å². The van der Waals surface area contributed by atoms with Crippen LogP contribution in [-0.2, 0) is 29.0 Å². The number of methoxy groups -OCH3 is 1. The average molecular weight is 431 g/mol. The van der Waals surface area contributed by atoms with Crippen molar-refractivity contribution in [3.8, 4) is 0 Å². The summed E-state index contributed by atoms with van der Waals surface area (Å²) in [5.41, 5.74) is 3.44. The number of amides is 1. The second-order valence-electron chi connectivity index (χ2n) is 8.54. The fourth-order valence-corrected chi connectivity index (χ4v) is 4.51. The number of hydrogen-bond acceptors (Lipinski definition) is 4. The molecule has 1 atom stereocenters. The lowest BCUT2D eigenvalue weighted by Gasteiger charge is -2.40. The topological polar surface area (TPSA) is 50.6 Å². The number of aryl methyl sites for hydroxylation is 2. The van der Waals surface area contributed by atoms with E-state index in [0.717, 1.165) is 56.7 Å². The highest BCUT2D eigenvalue weighted by Crippen LogP contribution is 2.27. The maximum Gasteiger partial charge on any atom is 0.248 e. The summed E-state index contributed by atoms with van der Waals surface area (Å²) in [5, 5.41) is 4.56. The van der Waals surface area contributed by atoms with Crippen molar-refractivity contribution >= 4 is 5.91 Å². The van der Waals surface area contributed by atoms with Crippen molar-refractivity contribution in [3.05, 3.63) is 53.1 Å². The van der Waals surface area contributed by atoms with Crippen LogP contribution in [-0.4, -0.2) is 65.4 Å². The second kappa shape index (κ2) is 10.9. The molecule has 170 valence electrons. The molecule has 7 heteroatoms. The lowest BCUT2D eigenvalue weighted by molar-refractivity contribution is -0.137. The minimum Gasteiger partial charge on any atom is -0.375 e. The third kappa shape index (κ3) is 6.14. The zero-order chi connectivity index (χ0) is 22.4. The van der Waals surface area contributed by atoms with Crippen molar-refractivity contribution in [3.63, 3.8) is 0 Å². The van der Waals surface area contributed by atoms with Gasteiger partial charge in [0.05, 0.1) is 5.69 Å². The second-order valence-corrected chi connectivity index (χ2v) is 8.54. The molecule has 0 saturated carbocycles. The summed E-state index contributed by atoms with van der Waals surface area (Å²) in [6.07, 6.45) is 4.92. The van der Waals surface area contributed by atoms with Crippen molar-refractivity contribution in [2.75, 3.05) is 33.9 Å². The fourth-order valence-electron chi connectivity index (χ4n) is 4.51. The van der Waals surface area contributed by atoms with E-state index >= 15 is 0 Å². The molecule has 3 rings (SSSR count). The Morgan fingerprint density at radius 1 is 1.29 bits per heavy atom. The summed E-state index contributed by atoms with van der Waals surface area (Å²) < 4.78 is 20.4. The highest BCUT2D eigenvalue weighted by Gasteiger charge is 2.31. The molecule has 1 aliphatic rings. The molecule has 1 aliphatic heterocycles. The van der Waals surface area contributed by atoms with Crippen LogP contribution < -0.4 is 0 Å². The van der Waals surface area contributed by atoms with Gasteiger partial charge in [0.15, 0.2) is 0 Å². The Morgan fingerprint density at radius 3 is 2.55 bits per heavy atom. The number of nitrogens with zero attached hydrogens (tertiary/aromatic N) is 4. The Labute approximate surface area is 185 Å².